The van der Waals surface area contributed by atoms with E-state index in [4.69, 9.17) is 0 Å². The summed E-state index contributed by atoms with van der Waals surface area (Å²) < 4.78 is 0. The van der Waals surface area contributed by atoms with Gasteiger partial charge in [0.1, 0.15) is 0 Å². The first-order chi connectivity index (χ1) is 13.6. The molecule has 1 fully saturated rings. The van der Waals surface area contributed by atoms with E-state index in [2.05, 4.69) is 80.4 Å². The normalized spacial score (nSPS) is 18.5. The van der Waals surface area contributed by atoms with Crippen molar-refractivity contribution >= 4 is 0 Å². The van der Waals surface area contributed by atoms with E-state index in [1.54, 1.807) is 0 Å². The maximum Gasteiger partial charge on any atom is 0.0509 e. The molecule has 0 saturated carbocycles. The summed E-state index contributed by atoms with van der Waals surface area (Å²) in [6, 6.07) is 0. The van der Waals surface area contributed by atoms with Gasteiger partial charge in [0.2, 0.25) is 0 Å². The highest BCUT2D eigenvalue weighted by molar-refractivity contribution is 5.12. The number of rotatable bonds is 8. The minimum atomic E-state index is 0.141. The molecule has 0 atom stereocenters. The molecule has 0 amide bonds. The molecule has 0 radical (unpaired) electrons. The summed E-state index contributed by atoms with van der Waals surface area (Å²) in [5, 5.41) is 2.21. The molecule has 2 aliphatic rings. The Labute approximate surface area is 183 Å². The first kappa shape index (κ1) is 28.2. The van der Waals surface area contributed by atoms with Gasteiger partial charge in [-0.05, 0) is 24.3 Å². The van der Waals surface area contributed by atoms with Crippen LogP contribution < -0.4 is 11.0 Å². The van der Waals surface area contributed by atoms with Crippen molar-refractivity contribution in [1.29, 1.82) is 0 Å². The van der Waals surface area contributed by atoms with Crippen molar-refractivity contribution in [3.05, 3.63) is 11.9 Å². The predicted octanol–water partition coefficient (Wildman–Crippen LogP) is 4.94. The van der Waals surface area contributed by atoms with Crippen molar-refractivity contribution in [3.63, 3.8) is 0 Å². The van der Waals surface area contributed by atoms with Crippen molar-refractivity contribution < 1.29 is 0 Å². The third-order valence-corrected chi connectivity index (χ3v) is 6.38. The monoisotopic (exact) mass is 411 g/mol. The van der Waals surface area contributed by atoms with Crippen LogP contribution in [0.5, 0.6) is 0 Å². The van der Waals surface area contributed by atoms with Gasteiger partial charge in [-0.2, -0.15) is 0 Å². The molecule has 0 unspecified atom stereocenters. The van der Waals surface area contributed by atoms with Gasteiger partial charge in [0.15, 0.2) is 0 Å². The first-order valence-corrected chi connectivity index (χ1v) is 12.1. The molecular weight excluding hydrogens is 358 g/mol. The maximum absolute atomic E-state index is 3.42. The molecule has 2 rings (SSSR count). The molecule has 2 N–H and O–H groups in total. The van der Waals surface area contributed by atoms with Crippen molar-refractivity contribution in [3.8, 4) is 0 Å². The third kappa shape index (κ3) is 9.27. The molecule has 0 bridgehead atoms. The van der Waals surface area contributed by atoms with E-state index in [0.29, 0.717) is 11.3 Å². The van der Waals surface area contributed by atoms with E-state index in [1.807, 2.05) is 27.7 Å². The summed E-state index contributed by atoms with van der Waals surface area (Å²) >= 11 is 0. The van der Waals surface area contributed by atoms with Crippen molar-refractivity contribution in [2.45, 2.75) is 82.6 Å². The number of nitrogens with one attached hydrogen (secondary N) is 2. The number of piperazine rings is 1. The minimum absolute atomic E-state index is 0.141. The van der Waals surface area contributed by atoms with Crippen LogP contribution in [0, 0.1) is 16.7 Å². The summed E-state index contributed by atoms with van der Waals surface area (Å²) in [6.45, 7) is 32.5. The fraction of sp³-hybridized carbons (Fsp3) is 0.917. The zero-order valence-corrected chi connectivity index (χ0v) is 21.7. The van der Waals surface area contributed by atoms with Gasteiger partial charge in [-0.3, -0.25) is 9.91 Å². The van der Waals surface area contributed by atoms with E-state index < -0.39 is 0 Å². The summed E-state index contributed by atoms with van der Waals surface area (Å²) in [7, 11) is 0. The molecule has 5 nitrogen and oxygen atoms in total. The molecule has 1 saturated heterocycles. The Balaban J connectivity index is 0.00000184. The molecule has 0 aromatic heterocycles. The zero-order valence-electron chi connectivity index (χ0n) is 21.7. The number of allylic oxidation sites excluding steroid dienone is 1. The summed E-state index contributed by atoms with van der Waals surface area (Å²) in [5.74, 6) is 0.680. The van der Waals surface area contributed by atoms with Crippen LogP contribution in [0.4, 0.5) is 0 Å². The number of hydrogen-bond donors (Lipinski definition) is 2. The summed E-state index contributed by atoms with van der Waals surface area (Å²) in [5.41, 5.74) is 8.54. The van der Waals surface area contributed by atoms with Crippen LogP contribution in [-0.4, -0.2) is 60.6 Å². The Hall–Kier alpha value is -0.780. The Bertz CT molecular complexity index is 448. The fourth-order valence-electron chi connectivity index (χ4n) is 3.83. The van der Waals surface area contributed by atoms with Crippen LogP contribution in [0.15, 0.2) is 11.9 Å². The second-order valence-electron chi connectivity index (χ2n) is 9.45. The average Bonchev–Trinajstić information content (AvgIpc) is 3.19. The van der Waals surface area contributed by atoms with E-state index in [-0.39, 0.29) is 5.41 Å². The lowest BCUT2D eigenvalue weighted by atomic mass is 9.68. The molecule has 0 aromatic carbocycles. The molecule has 0 aliphatic carbocycles. The zero-order chi connectivity index (χ0) is 22.7. The standard InChI is InChI=1S/C20H41N5.2C2H6/c1-8-23-9-11-24(12-10-23)13-14-25-15-18(21-22-25)20(6,7)16-19(4,5)17(2)3;2*1-2/h15,17,21-22H,8-14,16H2,1-7H3;2*1-2H3. The van der Waals surface area contributed by atoms with Crippen LogP contribution in [0.3, 0.4) is 0 Å². The number of likely N-dealkylation sites (N-methyl/N-ethyl adjacent to an activating group) is 1. The van der Waals surface area contributed by atoms with Crippen LogP contribution in [0.25, 0.3) is 0 Å². The number of nitrogens with zero attached hydrogens (tertiary/aromatic N) is 3. The highest BCUT2D eigenvalue weighted by Gasteiger charge is 2.35. The lowest BCUT2D eigenvalue weighted by Gasteiger charge is -2.38. The molecule has 174 valence electrons. The molecule has 5 heteroatoms. The van der Waals surface area contributed by atoms with Gasteiger partial charge in [-0.15, -0.1) is 5.53 Å². The van der Waals surface area contributed by atoms with Crippen LogP contribution >= 0.6 is 0 Å². The van der Waals surface area contributed by atoms with Crippen LogP contribution in [0.2, 0.25) is 0 Å². The van der Waals surface area contributed by atoms with Gasteiger partial charge >= 0.3 is 0 Å². The third-order valence-electron chi connectivity index (χ3n) is 6.38. The molecule has 2 heterocycles. The first-order valence-electron chi connectivity index (χ1n) is 12.1. The van der Waals surface area contributed by atoms with Gasteiger partial charge in [0.05, 0.1) is 5.70 Å². The molecular formula is C24H53N5. The topological polar surface area (TPSA) is 33.8 Å². The highest BCUT2D eigenvalue weighted by Crippen LogP contribution is 2.42. The SMILES string of the molecule is CC.CC.CCN1CCN(CCN2C=C(C(C)(C)CC(C)(C)C(C)C)NN2)CC1. The second-order valence-corrected chi connectivity index (χ2v) is 9.45. The molecule has 2 aliphatic heterocycles. The summed E-state index contributed by atoms with van der Waals surface area (Å²) in [6.07, 6.45) is 3.45. The van der Waals surface area contributed by atoms with Crippen molar-refractivity contribution in [1.82, 2.24) is 25.8 Å². The van der Waals surface area contributed by atoms with Gasteiger partial charge < -0.3 is 10.3 Å². The van der Waals surface area contributed by atoms with E-state index in [1.165, 1.54) is 44.8 Å². The number of hydrazine groups is 2. The van der Waals surface area contributed by atoms with Crippen LogP contribution in [0.1, 0.15) is 82.6 Å². The quantitative estimate of drug-likeness (QED) is 0.591. The molecule has 0 spiro atoms. The Morgan fingerprint density at radius 1 is 0.897 bits per heavy atom. The van der Waals surface area contributed by atoms with Gasteiger partial charge in [0.25, 0.3) is 0 Å². The summed E-state index contributed by atoms with van der Waals surface area (Å²) in [4.78, 5) is 5.11. The number of hydrogen-bond acceptors (Lipinski definition) is 5. The maximum atomic E-state index is 3.42. The van der Waals surface area contributed by atoms with Crippen molar-refractivity contribution in [2.24, 2.45) is 16.7 Å². The average molecular weight is 412 g/mol. The Kier molecular flexibility index (Phi) is 13.1. The second kappa shape index (κ2) is 13.5. The highest BCUT2D eigenvalue weighted by atomic mass is 15.7. The largest absolute Gasteiger partial charge is 0.306 e. The van der Waals surface area contributed by atoms with Gasteiger partial charge in [0, 0.05) is 50.9 Å². The smallest absolute Gasteiger partial charge is 0.0509 e. The Morgan fingerprint density at radius 2 is 1.41 bits per heavy atom. The fourth-order valence-corrected chi connectivity index (χ4v) is 3.83. The van der Waals surface area contributed by atoms with Gasteiger partial charge in [-0.1, -0.05) is 76.2 Å². The van der Waals surface area contributed by atoms with Crippen LogP contribution in [-0.2, 0) is 0 Å². The van der Waals surface area contributed by atoms with Gasteiger partial charge in [-0.25, -0.2) is 0 Å². The molecule has 29 heavy (non-hydrogen) atoms. The lowest BCUT2D eigenvalue weighted by Crippen LogP contribution is -2.49. The van der Waals surface area contributed by atoms with E-state index in [0.717, 1.165) is 13.1 Å². The minimum Gasteiger partial charge on any atom is -0.306 e. The van der Waals surface area contributed by atoms with E-state index in [9.17, 15) is 0 Å². The predicted molar refractivity (Wildman–Crippen MR) is 129 cm³/mol. The molecule has 0 aromatic rings. The lowest BCUT2D eigenvalue weighted by molar-refractivity contribution is 0.122. The van der Waals surface area contributed by atoms with E-state index >= 15 is 0 Å². The Morgan fingerprint density at radius 3 is 1.90 bits per heavy atom. The van der Waals surface area contributed by atoms with Crippen molar-refractivity contribution in [2.75, 3.05) is 45.8 Å².